The molecule has 0 amide bonds. The van der Waals surface area contributed by atoms with Gasteiger partial charge in [0.1, 0.15) is 5.65 Å². The van der Waals surface area contributed by atoms with Gasteiger partial charge in [0.05, 0.1) is 22.6 Å². The van der Waals surface area contributed by atoms with Crippen molar-refractivity contribution in [3.05, 3.63) is 70.1 Å². The molecule has 0 radical (unpaired) electrons. The minimum Gasteiger partial charge on any atom is -0.390 e. The Labute approximate surface area is 119 Å². The van der Waals surface area contributed by atoms with Crippen LogP contribution in [0.1, 0.15) is 17.0 Å². The summed E-state index contributed by atoms with van der Waals surface area (Å²) in [7, 11) is 0. The molecular weight excluding hydrogens is 304 g/mol. The minimum absolute atomic E-state index is 0.0219. The molecule has 0 aliphatic rings. The third kappa shape index (κ3) is 2.29. The fourth-order valence-electron chi connectivity index (χ4n) is 2.25. The Morgan fingerprint density at radius 3 is 2.58 bits per heavy atom. The average Bonchev–Trinajstić information content (AvgIpc) is 2.78. The Hall–Kier alpha value is -1.65. The number of aromatic nitrogens is 2. The standard InChI is InChI=1S/C15H13BrN2O/c16-14-7-4-8-15-17-12(13(10-19)18(14)15)9-11-5-2-1-3-6-11/h1-8,19H,9-10H2. The summed E-state index contributed by atoms with van der Waals surface area (Å²) in [4.78, 5) is 4.61. The minimum atomic E-state index is -0.0219. The smallest absolute Gasteiger partial charge is 0.138 e. The number of halogens is 1. The molecule has 0 unspecified atom stereocenters. The molecule has 0 spiro atoms. The molecule has 2 heterocycles. The molecule has 0 saturated carbocycles. The number of aliphatic hydroxyl groups excluding tert-OH is 1. The summed E-state index contributed by atoms with van der Waals surface area (Å²) in [6.07, 6.45) is 0.727. The van der Waals surface area contributed by atoms with E-state index in [1.807, 2.05) is 40.8 Å². The summed E-state index contributed by atoms with van der Waals surface area (Å²) in [6.45, 7) is -0.0219. The molecule has 1 N–H and O–H groups in total. The molecule has 96 valence electrons. The van der Waals surface area contributed by atoms with Gasteiger partial charge in [-0.3, -0.25) is 4.40 Å². The molecule has 4 heteroatoms. The number of hydrogen-bond donors (Lipinski definition) is 1. The van der Waals surface area contributed by atoms with E-state index in [9.17, 15) is 5.11 Å². The quantitative estimate of drug-likeness (QED) is 0.754. The van der Waals surface area contributed by atoms with Gasteiger partial charge in [-0.1, -0.05) is 36.4 Å². The molecule has 0 atom stereocenters. The Balaban J connectivity index is 2.11. The summed E-state index contributed by atoms with van der Waals surface area (Å²) in [5.74, 6) is 0. The lowest BCUT2D eigenvalue weighted by atomic mass is 10.1. The molecule has 1 aromatic carbocycles. The first-order valence-electron chi connectivity index (χ1n) is 6.09. The van der Waals surface area contributed by atoms with E-state index < -0.39 is 0 Å². The van der Waals surface area contributed by atoms with E-state index in [1.54, 1.807) is 0 Å². The Bertz CT molecular complexity index is 707. The van der Waals surface area contributed by atoms with Crippen LogP contribution in [0.2, 0.25) is 0 Å². The van der Waals surface area contributed by atoms with Gasteiger partial charge in [-0.05, 0) is 33.6 Å². The monoisotopic (exact) mass is 316 g/mol. The molecule has 19 heavy (non-hydrogen) atoms. The van der Waals surface area contributed by atoms with Crippen molar-refractivity contribution >= 4 is 21.6 Å². The Morgan fingerprint density at radius 1 is 1.05 bits per heavy atom. The largest absolute Gasteiger partial charge is 0.390 e. The van der Waals surface area contributed by atoms with Gasteiger partial charge in [-0.15, -0.1) is 0 Å². The summed E-state index contributed by atoms with van der Waals surface area (Å²) < 4.78 is 2.85. The molecule has 0 aliphatic heterocycles. The van der Waals surface area contributed by atoms with Gasteiger partial charge < -0.3 is 5.11 Å². The second-order valence-electron chi connectivity index (χ2n) is 4.37. The second-order valence-corrected chi connectivity index (χ2v) is 5.18. The number of aliphatic hydroxyl groups is 1. The molecule has 3 aromatic rings. The summed E-state index contributed by atoms with van der Waals surface area (Å²) in [5.41, 5.74) is 3.80. The molecule has 0 fully saturated rings. The van der Waals surface area contributed by atoms with Gasteiger partial charge in [-0.2, -0.15) is 0 Å². The topological polar surface area (TPSA) is 37.5 Å². The maximum absolute atomic E-state index is 9.63. The Morgan fingerprint density at radius 2 is 1.84 bits per heavy atom. The second kappa shape index (κ2) is 5.15. The van der Waals surface area contributed by atoms with Crippen LogP contribution in [0.3, 0.4) is 0 Å². The molecule has 3 nitrogen and oxygen atoms in total. The predicted octanol–water partition coefficient (Wildman–Crippen LogP) is 3.18. The van der Waals surface area contributed by atoms with Crippen LogP contribution in [-0.2, 0) is 13.0 Å². The van der Waals surface area contributed by atoms with E-state index >= 15 is 0 Å². The summed E-state index contributed by atoms with van der Waals surface area (Å²) >= 11 is 3.50. The zero-order valence-electron chi connectivity index (χ0n) is 10.3. The maximum Gasteiger partial charge on any atom is 0.138 e. The van der Waals surface area contributed by atoms with Gasteiger partial charge >= 0.3 is 0 Å². The third-order valence-electron chi connectivity index (χ3n) is 3.14. The first kappa shape index (κ1) is 12.4. The zero-order chi connectivity index (χ0) is 13.2. The van der Waals surface area contributed by atoms with Crippen LogP contribution in [0.25, 0.3) is 5.65 Å². The maximum atomic E-state index is 9.63. The summed E-state index contributed by atoms with van der Waals surface area (Å²) in [6, 6.07) is 16.0. The van der Waals surface area contributed by atoms with Gasteiger partial charge in [0, 0.05) is 6.42 Å². The highest BCUT2D eigenvalue weighted by Crippen LogP contribution is 2.21. The van der Waals surface area contributed by atoms with Crippen molar-refractivity contribution in [1.82, 2.24) is 9.38 Å². The molecule has 0 aliphatic carbocycles. The lowest BCUT2D eigenvalue weighted by Crippen LogP contribution is -1.98. The van der Waals surface area contributed by atoms with E-state index in [0.717, 1.165) is 28.1 Å². The summed E-state index contributed by atoms with van der Waals surface area (Å²) in [5, 5.41) is 9.63. The van der Waals surface area contributed by atoms with Gasteiger partial charge in [-0.25, -0.2) is 4.98 Å². The first-order chi connectivity index (χ1) is 9.29. The van der Waals surface area contributed by atoms with Gasteiger partial charge in [0.2, 0.25) is 0 Å². The third-order valence-corrected chi connectivity index (χ3v) is 3.76. The van der Waals surface area contributed by atoms with Crippen LogP contribution in [0.4, 0.5) is 0 Å². The lowest BCUT2D eigenvalue weighted by molar-refractivity contribution is 0.274. The van der Waals surface area contributed by atoms with Crippen molar-refractivity contribution in [2.24, 2.45) is 0 Å². The molecule has 2 aromatic heterocycles. The highest BCUT2D eigenvalue weighted by atomic mass is 79.9. The first-order valence-corrected chi connectivity index (χ1v) is 6.88. The SMILES string of the molecule is OCc1c(Cc2ccccc2)nc2cccc(Br)n12. The Kier molecular flexibility index (Phi) is 3.36. The van der Waals surface area contributed by atoms with E-state index in [0.29, 0.717) is 0 Å². The van der Waals surface area contributed by atoms with Crippen molar-refractivity contribution in [3.8, 4) is 0 Å². The van der Waals surface area contributed by atoms with Crippen LogP contribution in [-0.4, -0.2) is 14.5 Å². The van der Waals surface area contributed by atoms with Crippen molar-refractivity contribution in [2.75, 3.05) is 0 Å². The fraction of sp³-hybridized carbons (Fsp3) is 0.133. The number of pyridine rings is 1. The van der Waals surface area contributed by atoms with Crippen molar-refractivity contribution in [3.63, 3.8) is 0 Å². The van der Waals surface area contributed by atoms with Crippen LogP contribution in [0.5, 0.6) is 0 Å². The highest BCUT2D eigenvalue weighted by Gasteiger charge is 2.13. The number of benzene rings is 1. The van der Waals surface area contributed by atoms with E-state index in [-0.39, 0.29) is 6.61 Å². The molecular formula is C15H13BrN2O. The van der Waals surface area contributed by atoms with E-state index in [4.69, 9.17) is 0 Å². The van der Waals surface area contributed by atoms with Crippen molar-refractivity contribution in [1.29, 1.82) is 0 Å². The van der Waals surface area contributed by atoms with E-state index in [2.05, 4.69) is 33.0 Å². The number of fused-ring (bicyclic) bond motifs is 1. The number of rotatable bonds is 3. The zero-order valence-corrected chi connectivity index (χ0v) is 11.8. The molecule has 0 saturated heterocycles. The lowest BCUT2D eigenvalue weighted by Gasteiger charge is -2.03. The predicted molar refractivity (Wildman–Crippen MR) is 78.1 cm³/mol. The number of nitrogens with zero attached hydrogens (tertiary/aromatic N) is 2. The van der Waals surface area contributed by atoms with Crippen molar-refractivity contribution in [2.45, 2.75) is 13.0 Å². The van der Waals surface area contributed by atoms with Crippen LogP contribution >= 0.6 is 15.9 Å². The van der Waals surface area contributed by atoms with E-state index in [1.165, 1.54) is 5.56 Å². The molecule has 0 bridgehead atoms. The van der Waals surface area contributed by atoms with Crippen LogP contribution < -0.4 is 0 Å². The van der Waals surface area contributed by atoms with Gasteiger partial charge in [0.15, 0.2) is 0 Å². The highest BCUT2D eigenvalue weighted by molar-refractivity contribution is 9.10. The number of hydrogen-bond acceptors (Lipinski definition) is 2. The average molecular weight is 317 g/mol. The van der Waals surface area contributed by atoms with Gasteiger partial charge in [0.25, 0.3) is 0 Å². The van der Waals surface area contributed by atoms with Crippen LogP contribution in [0.15, 0.2) is 53.1 Å². The molecule has 3 rings (SSSR count). The normalized spacial score (nSPS) is 11.1. The fourth-order valence-corrected chi connectivity index (χ4v) is 2.80. The van der Waals surface area contributed by atoms with Crippen molar-refractivity contribution < 1.29 is 5.11 Å². The van der Waals surface area contributed by atoms with Crippen LogP contribution in [0, 0.1) is 0 Å². The number of imidazole rings is 1.